The molecule has 0 fully saturated rings. The van der Waals surface area contributed by atoms with E-state index in [1.807, 2.05) is 13.8 Å². The lowest BCUT2D eigenvalue weighted by Gasteiger charge is -2.13. The standard InChI is InChI=1S/C16H17F5N4OS/c1-7(2)5-25-10(4-3-9(22)26)23-24-16(25)27-6-8-11(17)13(19)15(21)14(20)12(8)18/h7H,3-6H2,1-2H3,(H2,22,26). The molecule has 1 heterocycles. The van der Waals surface area contributed by atoms with E-state index in [2.05, 4.69) is 10.2 Å². The summed E-state index contributed by atoms with van der Waals surface area (Å²) >= 11 is 0.786. The van der Waals surface area contributed by atoms with Crippen molar-refractivity contribution in [3.05, 3.63) is 40.5 Å². The van der Waals surface area contributed by atoms with Crippen molar-refractivity contribution in [2.45, 2.75) is 44.1 Å². The van der Waals surface area contributed by atoms with Crippen molar-refractivity contribution in [2.75, 3.05) is 0 Å². The number of hydrogen-bond acceptors (Lipinski definition) is 4. The number of nitrogens with zero attached hydrogens (tertiary/aromatic N) is 3. The van der Waals surface area contributed by atoms with Crippen LogP contribution in [0, 0.1) is 35.0 Å². The normalized spacial score (nSPS) is 11.4. The molecule has 2 rings (SSSR count). The summed E-state index contributed by atoms with van der Waals surface area (Å²) in [5.74, 6) is -10.4. The fraction of sp³-hybridized carbons (Fsp3) is 0.438. The highest BCUT2D eigenvalue weighted by molar-refractivity contribution is 7.98. The summed E-state index contributed by atoms with van der Waals surface area (Å²) in [5.41, 5.74) is 4.18. The molecule has 1 aromatic carbocycles. The van der Waals surface area contributed by atoms with Gasteiger partial charge in [-0.15, -0.1) is 10.2 Å². The van der Waals surface area contributed by atoms with Gasteiger partial charge in [0.25, 0.3) is 0 Å². The number of primary amides is 1. The van der Waals surface area contributed by atoms with Crippen LogP contribution in [-0.4, -0.2) is 20.7 Å². The molecule has 11 heteroatoms. The molecule has 27 heavy (non-hydrogen) atoms. The van der Waals surface area contributed by atoms with Crippen LogP contribution in [0.3, 0.4) is 0 Å². The minimum atomic E-state index is -2.20. The molecule has 0 unspecified atom stereocenters. The number of carbonyl (C=O) groups excluding carboxylic acids is 1. The number of halogens is 5. The summed E-state index contributed by atoms with van der Waals surface area (Å²) in [6.45, 7) is 4.27. The summed E-state index contributed by atoms with van der Waals surface area (Å²) in [6.07, 6.45) is 0.261. The van der Waals surface area contributed by atoms with Crippen molar-refractivity contribution >= 4 is 17.7 Å². The Kier molecular flexibility index (Phi) is 6.79. The molecule has 148 valence electrons. The Morgan fingerprint density at radius 3 is 2.11 bits per heavy atom. The Morgan fingerprint density at radius 1 is 1.04 bits per heavy atom. The van der Waals surface area contributed by atoms with E-state index in [-0.39, 0.29) is 23.9 Å². The number of aromatic nitrogens is 3. The number of amides is 1. The molecule has 0 spiro atoms. The highest BCUT2D eigenvalue weighted by Crippen LogP contribution is 2.29. The van der Waals surface area contributed by atoms with Crippen molar-refractivity contribution < 1.29 is 26.7 Å². The van der Waals surface area contributed by atoms with E-state index in [4.69, 9.17) is 5.73 Å². The molecular weight excluding hydrogens is 391 g/mol. The van der Waals surface area contributed by atoms with E-state index in [0.29, 0.717) is 12.4 Å². The zero-order valence-corrected chi connectivity index (χ0v) is 15.3. The maximum atomic E-state index is 13.8. The van der Waals surface area contributed by atoms with Gasteiger partial charge in [-0.05, 0) is 5.92 Å². The predicted molar refractivity (Wildman–Crippen MR) is 88.2 cm³/mol. The molecule has 5 nitrogen and oxygen atoms in total. The second-order valence-corrected chi connectivity index (χ2v) is 7.15. The fourth-order valence-corrected chi connectivity index (χ4v) is 3.27. The molecule has 0 saturated carbocycles. The zero-order valence-electron chi connectivity index (χ0n) is 14.5. The van der Waals surface area contributed by atoms with Gasteiger partial charge in [0, 0.05) is 30.7 Å². The van der Waals surface area contributed by atoms with Crippen LogP contribution in [0.1, 0.15) is 31.7 Å². The summed E-state index contributed by atoms with van der Waals surface area (Å²) in [6, 6.07) is 0. The zero-order chi connectivity index (χ0) is 20.3. The molecule has 0 atom stereocenters. The predicted octanol–water partition coefficient (Wildman–Crippen LogP) is 3.34. The molecule has 1 amide bonds. The molecule has 1 aromatic heterocycles. The minimum Gasteiger partial charge on any atom is -0.370 e. The van der Waals surface area contributed by atoms with Crippen LogP contribution in [0.15, 0.2) is 5.16 Å². The first kappa shape index (κ1) is 21.1. The molecule has 0 bridgehead atoms. The van der Waals surface area contributed by atoms with Gasteiger partial charge < -0.3 is 10.3 Å². The first-order chi connectivity index (χ1) is 12.6. The highest BCUT2D eigenvalue weighted by atomic mass is 32.2. The average molecular weight is 408 g/mol. The lowest BCUT2D eigenvalue weighted by atomic mass is 10.2. The second-order valence-electron chi connectivity index (χ2n) is 6.21. The smallest absolute Gasteiger partial charge is 0.217 e. The number of aryl methyl sites for hydroxylation is 1. The summed E-state index contributed by atoms with van der Waals surface area (Å²) in [4.78, 5) is 11.0. The Labute approximate surface area is 156 Å². The van der Waals surface area contributed by atoms with E-state index in [1.54, 1.807) is 4.57 Å². The van der Waals surface area contributed by atoms with Crippen LogP contribution in [0.25, 0.3) is 0 Å². The molecule has 0 saturated heterocycles. The maximum Gasteiger partial charge on any atom is 0.217 e. The topological polar surface area (TPSA) is 73.8 Å². The van der Waals surface area contributed by atoms with Gasteiger partial charge in [0.1, 0.15) is 5.82 Å². The molecule has 0 aliphatic carbocycles. The number of carbonyl (C=O) groups is 1. The quantitative estimate of drug-likeness (QED) is 0.315. The van der Waals surface area contributed by atoms with Crippen molar-refractivity contribution in [3.63, 3.8) is 0 Å². The first-order valence-electron chi connectivity index (χ1n) is 7.96. The van der Waals surface area contributed by atoms with Gasteiger partial charge in [-0.2, -0.15) is 0 Å². The van der Waals surface area contributed by atoms with E-state index in [1.165, 1.54) is 0 Å². The van der Waals surface area contributed by atoms with Gasteiger partial charge in [-0.1, -0.05) is 25.6 Å². The van der Waals surface area contributed by atoms with Crippen LogP contribution >= 0.6 is 11.8 Å². The second kappa shape index (κ2) is 8.68. The van der Waals surface area contributed by atoms with Gasteiger partial charge in [0.05, 0.1) is 0 Å². The van der Waals surface area contributed by atoms with E-state index in [9.17, 15) is 26.7 Å². The van der Waals surface area contributed by atoms with Crippen LogP contribution in [0.5, 0.6) is 0 Å². The number of rotatable bonds is 8. The molecular formula is C16H17F5N4OS. The monoisotopic (exact) mass is 408 g/mol. The number of nitrogens with two attached hydrogens (primary N) is 1. The Balaban J connectivity index is 2.29. The van der Waals surface area contributed by atoms with Crippen LogP contribution in [-0.2, 0) is 23.5 Å². The van der Waals surface area contributed by atoms with E-state index in [0.717, 1.165) is 11.8 Å². The van der Waals surface area contributed by atoms with Crippen molar-refractivity contribution in [2.24, 2.45) is 11.7 Å². The summed E-state index contributed by atoms with van der Waals surface area (Å²) in [5, 5.41) is 8.08. The lowest BCUT2D eigenvalue weighted by molar-refractivity contribution is -0.118. The largest absolute Gasteiger partial charge is 0.370 e. The van der Waals surface area contributed by atoms with Crippen LogP contribution < -0.4 is 5.73 Å². The third-order valence-electron chi connectivity index (χ3n) is 3.58. The van der Waals surface area contributed by atoms with Crippen LogP contribution in [0.2, 0.25) is 0 Å². The molecule has 2 aromatic rings. The van der Waals surface area contributed by atoms with Gasteiger partial charge in [-0.3, -0.25) is 4.79 Å². The Hall–Kier alpha value is -2.17. The van der Waals surface area contributed by atoms with Gasteiger partial charge >= 0.3 is 0 Å². The summed E-state index contributed by atoms with van der Waals surface area (Å²) in [7, 11) is 0. The third-order valence-corrected chi connectivity index (χ3v) is 4.58. The average Bonchev–Trinajstić information content (AvgIpc) is 2.97. The number of hydrogen-bond donors (Lipinski definition) is 1. The van der Waals surface area contributed by atoms with E-state index >= 15 is 0 Å². The Bertz CT molecular complexity index is 827. The van der Waals surface area contributed by atoms with Crippen molar-refractivity contribution in [1.82, 2.24) is 14.8 Å². The first-order valence-corrected chi connectivity index (χ1v) is 8.95. The Morgan fingerprint density at radius 2 is 1.59 bits per heavy atom. The molecule has 2 N–H and O–H groups in total. The SMILES string of the molecule is CC(C)Cn1c(CCC(N)=O)nnc1SCc1c(F)c(F)c(F)c(F)c1F. The van der Waals surface area contributed by atoms with Crippen molar-refractivity contribution in [3.8, 4) is 0 Å². The van der Waals surface area contributed by atoms with E-state index < -0.39 is 46.3 Å². The van der Waals surface area contributed by atoms with Gasteiger partial charge in [-0.25, -0.2) is 22.0 Å². The number of benzene rings is 1. The maximum absolute atomic E-state index is 13.8. The number of thioether (sulfide) groups is 1. The minimum absolute atomic E-state index is 0.0402. The molecule has 0 aliphatic heterocycles. The van der Waals surface area contributed by atoms with Gasteiger partial charge in [0.15, 0.2) is 28.4 Å². The van der Waals surface area contributed by atoms with Crippen LogP contribution in [0.4, 0.5) is 22.0 Å². The summed E-state index contributed by atoms with van der Waals surface area (Å²) < 4.78 is 69.0. The fourth-order valence-electron chi connectivity index (χ4n) is 2.31. The lowest BCUT2D eigenvalue weighted by Crippen LogP contribution is -2.15. The highest BCUT2D eigenvalue weighted by Gasteiger charge is 2.26. The third kappa shape index (κ3) is 4.76. The van der Waals surface area contributed by atoms with Gasteiger partial charge in [0.2, 0.25) is 11.7 Å². The molecule has 0 aliphatic rings. The molecule has 0 radical (unpaired) electrons. The van der Waals surface area contributed by atoms with Crippen molar-refractivity contribution in [1.29, 1.82) is 0 Å².